The molecule has 0 saturated carbocycles. The third kappa shape index (κ3) is 5.40. The number of aldehydes is 1. The van der Waals surface area contributed by atoms with Crippen molar-refractivity contribution in [2.45, 2.75) is 25.8 Å². The SMILES string of the molecule is CC(NC(=O)c1ccc(C2=CCC=CC=C2)s1)C(C=O)Cc1cccc(C#N)c1. The molecule has 4 nitrogen and oxygen atoms in total. The molecule has 1 aromatic carbocycles. The lowest BCUT2D eigenvalue weighted by Crippen LogP contribution is -2.39. The highest BCUT2D eigenvalue weighted by Gasteiger charge is 2.21. The lowest BCUT2D eigenvalue weighted by atomic mass is 9.93. The summed E-state index contributed by atoms with van der Waals surface area (Å²) in [5, 5.41) is 12.0. The molecule has 0 fully saturated rings. The Morgan fingerprint density at radius 2 is 2.17 bits per heavy atom. The van der Waals surface area contributed by atoms with Gasteiger partial charge in [0.05, 0.1) is 16.5 Å². The van der Waals surface area contributed by atoms with Gasteiger partial charge < -0.3 is 10.1 Å². The summed E-state index contributed by atoms with van der Waals surface area (Å²) in [7, 11) is 0. The van der Waals surface area contributed by atoms with Crippen LogP contribution in [-0.2, 0) is 11.2 Å². The molecule has 0 aliphatic heterocycles. The molecule has 0 radical (unpaired) electrons. The average Bonchev–Trinajstić information content (AvgIpc) is 3.08. The Kier molecular flexibility index (Phi) is 6.94. The Morgan fingerprint density at radius 1 is 1.31 bits per heavy atom. The number of thiophene rings is 1. The standard InChI is InChI=1S/C24H22N2O2S/c1-17(21(16-27)14-18-7-6-8-19(13-18)15-25)26-24(28)23-12-11-22(29-23)20-9-4-2-3-5-10-20/h2-4,6-13,16-17,21H,5,14H2,1H3,(H,26,28). The van der Waals surface area contributed by atoms with Crippen molar-refractivity contribution in [3.05, 3.63) is 87.7 Å². The summed E-state index contributed by atoms with van der Waals surface area (Å²) in [5.74, 6) is -0.548. The first-order valence-electron chi connectivity index (χ1n) is 9.49. The molecule has 1 aliphatic carbocycles. The van der Waals surface area contributed by atoms with E-state index in [9.17, 15) is 9.59 Å². The van der Waals surface area contributed by atoms with E-state index in [0.717, 1.165) is 28.7 Å². The van der Waals surface area contributed by atoms with Gasteiger partial charge in [-0.25, -0.2) is 0 Å². The van der Waals surface area contributed by atoms with Crippen LogP contribution >= 0.6 is 11.3 Å². The van der Waals surface area contributed by atoms with Crippen LogP contribution in [0.4, 0.5) is 0 Å². The second-order valence-corrected chi connectivity index (χ2v) is 8.01. The van der Waals surface area contributed by atoms with Gasteiger partial charge in [-0.1, -0.05) is 42.5 Å². The monoisotopic (exact) mass is 402 g/mol. The molecule has 2 atom stereocenters. The maximum atomic E-state index is 12.7. The number of nitrogens with one attached hydrogen (secondary N) is 1. The van der Waals surface area contributed by atoms with Gasteiger partial charge in [-0.2, -0.15) is 5.26 Å². The van der Waals surface area contributed by atoms with Gasteiger partial charge in [0.25, 0.3) is 5.91 Å². The third-order valence-corrected chi connectivity index (χ3v) is 5.95. The van der Waals surface area contributed by atoms with Crippen molar-refractivity contribution in [1.82, 2.24) is 5.32 Å². The first-order valence-corrected chi connectivity index (χ1v) is 10.3. The first kappa shape index (κ1) is 20.5. The Hall–Kier alpha value is -3.23. The summed E-state index contributed by atoms with van der Waals surface area (Å²) >= 11 is 1.44. The van der Waals surface area contributed by atoms with Crippen LogP contribution in [0.25, 0.3) is 5.57 Å². The molecule has 1 aliphatic rings. The van der Waals surface area contributed by atoms with Crippen LogP contribution in [-0.4, -0.2) is 18.2 Å². The zero-order valence-corrected chi connectivity index (χ0v) is 17.0. The van der Waals surface area contributed by atoms with Crippen LogP contribution in [0.15, 0.2) is 66.8 Å². The second-order valence-electron chi connectivity index (χ2n) is 6.92. The summed E-state index contributed by atoms with van der Waals surface area (Å²) in [5.41, 5.74) is 2.57. The normalized spacial score (nSPS) is 15.0. The molecule has 29 heavy (non-hydrogen) atoms. The number of benzene rings is 1. The number of nitrogens with zero attached hydrogens (tertiary/aromatic N) is 1. The molecular weight excluding hydrogens is 380 g/mol. The van der Waals surface area contributed by atoms with Crippen molar-refractivity contribution in [2.24, 2.45) is 5.92 Å². The fraction of sp³-hybridized carbons (Fsp3) is 0.208. The summed E-state index contributed by atoms with van der Waals surface area (Å²) < 4.78 is 0. The summed E-state index contributed by atoms with van der Waals surface area (Å²) in [6, 6.07) is 12.8. The van der Waals surface area contributed by atoms with Crippen molar-refractivity contribution >= 4 is 29.1 Å². The molecule has 146 valence electrons. The van der Waals surface area contributed by atoms with Crippen molar-refractivity contribution in [1.29, 1.82) is 5.26 Å². The molecule has 2 aromatic rings. The van der Waals surface area contributed by atoms with Gasteiger partial charge in [0.2, 0.25) is 0 Å². The number of amides is 1. The van der Waals surface area contributed by atoms with Crippen LogP contribution in [0.1, 0.15) is 39.0 Å². The van der Waals surface area contributed by atoms with E-state index in [0.29, 0.717) is 16.9 Å². The number of carbonyl (C=O) groups is 2. The van der Waals surface area contributed by atoms with E-state index in [-0.39, 0.29) is 17.9 Å². The minimum absolute atomic E-state index is 0.178. The van der Waals surface area contributed by atoms with Crippen molar-refractivity contribution in [3.63, 3.8) is 0 Å². The summed E-state index contributed by atoms with van der Waals surface area (Å²) in [4.78, 5) is 26.0. The highest BCUT2D eigenvalue weighted by atomic mass is 32.1. The van der Waals surface area contributed by atoms with Crippen LogP contribution in [0, 0.1) is 17.2 Å². The lowest BCUT2D eigenvalue weighted by molar-refractivity contribution is -0.111. The van der Waals surface area contributed by atoms with Gasteiger partial charge in [-0.3, -0.25) is 4.79 Å². The molecule has 0 spiro atoms. The third-order valence-electron chi connectivity index (χ3n) is 4.81. The zero-order chi connectivity index (χ0) is 20.6. The van der Waals surface area contributed by atoms with E-state index in [1.165, 1.54) is 11.3 Å². The van der Waals surface area contributed by atoms with Gasteiger partial charge in [-0.05, 0) is 55.2 Å². The van der Waals surface area contributed by atoms with E-state index < -0.39 is 0 Å². The Labute approximate surface area is 174 Å². The highest BCUT2D eigenvalue weighted by Crippen LogP contribution is 2.27. The maximum Gasteiger partial charge on any atom is 0.261 e. The van der Waals surface area contributed by atoms with Gasteiger partial charge in [0.1, 0.15) is 6.29 Å². The maximum absolute atomic E-state index is 12.7. The number of rotatable bonds is 7. The molecular formula is C24H22N2O2S. The molecule has 0 saturated heterocycles. The number of hydrogen-bond acceptors (Lipinski definition) is 4. The van der Waals surface area contributed by atoms with Gasteiger partial charge in [-0.15, -0.1) is 11.3 Å². The molecule has 5 heteroatoms. The minimum Gasteiger partial charge on any atom is -0.348 e. The number of allylic oxidation sites excluding steroid dienone is 6. The van der Waals surface area contributed by atoms with Crippen molar-refractivity contribution in [3.8, 4) is 6.07 Å². The van der Waals surface area contributed by atoms with Crippen LogP contribution in [0.5, 0.6) is 0 Å². The van der Waals surface area contributed by atoms with E-state index in [1.807, 2.05) is 43.4 Å². The first-order chi connectivity index (χ1) is 14.1. The van der Waals surface area contributed by atoms with E-state index in [4.69, 9.17) is 5.26 Å². The molecule has 0 bridgehead atoms. The van der Waals surface area contributed by atoms with Crippen molar-refractivity contribution in [2.75, 3.05) is 0 Å². The van der Waals surface area contributed by atoms with Crippen LogP contribution in [0.2, 0.25) is 0 Å². The molecule has 2 unspecified atom stereocenters. The van der Waals surface area contributed by atoms with Crippen LogP contribution in [0.3, 0.4) is 0 Å². The van der Waals surface area contributed by atoms with Gasteiger partial charge >= 0.3 is 0 Å². The predicted octanol–water partition coefficient (Wildman–Crippen LogP) is 4.70. The zero-order valence-electron chi connectivity index (χ0n) is 16.2. The fourth-order valence-corrected chi connectivity index (χ4v) is 4.07. The molecule has 1 heterocycles. The summed E-state index contributed by atoms with van der Waals surface area (Å²) in [6.45, 7) is 1.84. The van der Waals surface area contributed by atoms with Gasteiger partial charge in [0, 0.05) is 16.8 Å². The van der Waals surface area contributed by atoms with Gasteiger partial charge in [0.15, 0.2) is 0 Å². The Morgan fingerprint density at radius 3 is 2.97 bits per heavy atom. The second kappa shape index (κ2) is 9.81. The highest BCUT2D eigenvalue weighted by molar-refractivity contribution is 7.15. The smallest absolute Gasteiger partial charge is 0.261 e. The number of carbonyl (C=O) groups excluding carboxylic acids is 2. The quantitative estimate of drug-likeness (QED) is 0.683. The largest absolute Gasteiger partial charge is 0.348 e. The van der Waals surface area contributed by atoms with E-state index >= 15 is 0 Å². The molecule has 1 aromatic heterocycles. The topological polar surface area (TPSA) is 70.0 Å². The Bertz CT molecular complexity index is 1020. The lowest BCUT2D eigenvalue weighted by Gasteiger charge is -2.20. The predicted molar refractivity (Wildman–Crippen MR) is 117 cm³/mol. The minimum atomic E-state index is -0.370. The fourth-order valence-electron chi connectivity index (χ4n) is 3.14. The number of hydrogen-bond donors (Lipinski definition) is 1. The molecule has 1 N–H and O–H groups in total. The van der Waals surface area contributed by atoms with E-state index in [1.54, 1.807) is 18.2 Å². The Balaban J connectivity index is 1.65. The average molecular weight is 403 g/mol. The van der Waals surface area contributed by atoms with Crippen molar-refractivity contribution < 1.29 is 9.59 Å². The summed E-state index contributed by atoms with van der Waals surface area (Å²) in [6.07, 6.45) is 12.5. The molecule has 1 amide bonds. The molecule has 3 rings (SSSR count). The van der Waals surface area contributed by atoms with E-state index in [2.05, 4.69) is 23.5 Å². The van der Waals surface area contributed by atoms with Crippen LogP contribution < -0.4 is 5.32 Å². The number of nitriles is 1.